The van der Waals surface area contributed by atoms with Gasteiger partial charge in [0.15, 0.2) is 11.5 Å². The second kappa shape index (κ2) is 9.66. The van der Waals surface area contributed by atoms with Crippen molar-refractivity contribution in [3.05, 3.63) is 17.7 Å². The fourth-order valence-corrected chi connectivity index (χ4v) is 2.54. The van der Waals surface area contributed by atoms with Crippen molar-refractivity contribution in [2.75, 3.05) is 14.1 Å². The quantitative estimate of drug-likeness (QED) is 0.684. The molecule has 1 rings (SSSR count). The van der Waals surface area contributed by atoms with E-state index in [0.29, 0.717) is 11.5 Å². The van der Waals surface area contributed by atoms with Gasteiger partial charge in [0.05, 0.1) is 12.2 Å². The summed E-state index contributed by atoms with van der Waals surface area (Å²) in [6.07, 6.45) is 3.87. The molecule has 0 saturated carbocycles. The normalized spacial score (nSPS) is 11.5. The summed E-state index contributed by atoms with van der Waals surface area (Å²) < 4.78 is 12.0. The SMILES string of the molecule is CCC(CC)Oc1cc(CN(C)C)cc(OC(CC)CC)c1O. The molecule has 0 saturated heterocycles. The van der Waals surface area contributed by atoms with Crippen molar-refractivity contribution in [2.24, 2.45) is 0 Å². The molecule has 1 aromatic carbocycles. The minimum atomic E-state index is 0.108. The Hall–Kier alpha value is -1.42. The Morgan fingerprint density at radius 2 is 1.26 bits per heavy atom. The molecule has 0 bridgehead atoms. The molecule has 0 fully saturated rings. The number of phenolic OH excluding ortho intramolecular Hbond substituents is 1. The van der Waals surface area contributed by atoms with Crippen LogP contribution in [0.1, 0.15) is 58.9 Å². The molecule has 23 heavy (non-hydrogen) atoms. The van der Waals surface area contributed by atoms with Crippen LogP contribution in [0, 0.1) is 0 Å². The van der Waals surface area contributed by atoms with Gasteiger partial charge < -0.3 is 19.5 Å². The summed E-state index contributed by atoms with van der Waals surface area (Å²) in [5.41, 5.74) is 1.08. The molecule has 0 aliphatic heterocycles. The number of rotatable bonds is 10. The number of hydrogen-bond donors (Lipinski definition) is 1. The lowest BCUT2D eigenvalue weighted by Crippen LogP contribution is -2.17. The van der Waals surface area contributed by atoms with E-state index in [1.165, 1.54) is 0 Å². The van der Waals surface area contributed by atoms with Crippen LogP contribution < -0.4 is 9.47 Å². The summed E-state index contributed by atoms with van der Waals surface area (Å²) >= 11 is 0. The van der Waals surface area contributed by atoms with Gasteiger partial charge in [-0.25, -0.2) is 0 Å². The molecule has 0 aromatic heterocycles. The van der Waals surface area contributed by atoms with Crippen molar-refractivity contribution in [2.45, 2.75) is 72.1 Å². The Kier molecular flexibility index (Phi) is 8.24. The van der Waals surface area contributed by atoms with Gasteiger partial charge in [0, 0.05) is 6.54 Å². The van der Waals surface area contributed by atoms with Crippen molar-refractivity contribution in [3.63, 3.8) is 0 Å². The summed E-state index contributed by atoms with van der Waals surface area (Å²) in [6.45, 7) is 9.15. The van der Waals surface area contributed by atoms with Gasteiger partial charge in [-0.2, -0.15) is 0 Å². The predicted molar refractivity (Wildman–Crippen MR) is 95.5 cm³/mol. The van der Waals surface area contributed by atoms with Gasteiger partial charge >= 0.3 is 0 Å². The fourth-order valence-electron chi connectivity index (χ4n) is 2.54. The fraction of sp³-hybridized carbons (Fsp3) is 0.684. The van der Waals surface area contributed by atoms with Gasteiger partial charge in [-0.1, -0.05) is 27.7 Å². The topological polar surface area (TPSA) is 41.9 Å². The zero-order chi connectivity index (χ0) is 17.4. The van der Waals surface area contributed by atoms with Crippen molar-refractivity contribution in [3.8, 4) is 17.2 Å². The highest BCUT2D eigenvalue weighted by atomic mass is 16.5. The largest absolute Gasteiger partial charge is 0.502 e. The zero-order valence-corrected chi connectivity index (χ0v) is 15.6. The first-order valence-corrected chi connectivity index (χ1v) is 8.78. The predicted octanol–water partition coefficient (Wildman–Crippen LogP) is 4.59. The van der Waals surface area contributed by atoms with Crippen molar-refractivity contribution in [1.82, 2.24) is 4.90 Å². The molecule has 0 spiro atoms. The molecule has 1 aromatic rings. The molecule has 0 aliphatic carbocycles. The molecule has 0 heterocycles. The summed E-state index contributed by atoms with van der Waals surface area (Å²) in [6, 6.07) is 3.85. The van der Waals surface area contributed by atoms with Gasteiger partial charge in [-0.15, -0.1) is 0 Å². The highest BCUT2D eigenvalue weighted by Gasteiger charge is 2.18. The average Bonchev–Trinajstić information content (AvgIpc) is 2.53. The standard InChI is InChI=1S/C19H33NO3/c1-7-15(8-2)22-17-11-14(13-20(5)6)12-18(19(17)21)23-16(9-3)10-4/h11-12,15-16,21H,7-10,13H2,1-6H3. The maximum atomic E-state index is 10.6. The Morgan fingerprint density at radius 3 is 1.57 bits per heavy atom. The van der Waals surface area contributed by atoms with Crippen molar-refractivity contribution < 1.29 is 14.6 Å². The second-order valence-electron chi connectivity index (χ2n) is 6.29. The van der Waals surface area contributed by atoms with E-state index in [4.69, 9.17) is 9.47 Å². The van der Waals surface area contributed by atoms with Crippen molar-refractivity contribution in [1.29, 1.82) is 0 Å². The van der Waals surface area contributed by atoms with Gasteiger partial charge in [0.2, 0.25) is 5.75 Å². The minimum Gasteiger partial charge on any atom is -0.502 e. The molecule has 0 unspecified atom stereocenters. The monoisotopic (exact) mass is 323 g/mol. The first-order valence-electron chi connectivity index (χ1n) is 8.78. The number of phenols is 1. The number of ether oxygens (including phenoxy) is 2. The zero-order valence-electron chi connectivity index (χ0n) is 15.6. The number of benzene rings is 1. The molecule has 4 nitrogen and oxygen atoms in total. The summed E-state index contributed by atoms with van der Waals surface area (Å²) in [5, 5.41) is 10.6. The summed E-state index contributed by atoms with van der Waals surface area (Å²) in [5.74, 6) is 1.17. The van der Waals surface area contributed by atoms with Crippen LogP contribution in [0.15, 0.2) is 12.1 Å². The molecule has 0 atom stereocenters. The second-order valence-corrected chi connectivity index (χ2v) is 6.29. The lowest BCUT2D eigenvalue weighted by Gasteiger charge is -2.22. The van der Waals surface area contributed by atoms with Crippen LogP contribution in [0.25, 0.3) is 0 Å². The van der Waals surface area contributed by atoms with Gasteiger partial charge in [-0.3, -0.25) is 0 Å². The van der Waals surface area contributed by atoms with Crippen LogP contribution >= 0.6 is 0 Å². The summed E-state index contributed by atoms with van der Waals surface area (Å²) in [7, 11) is 4.05. The molecule has 0 radical (unpaired) electrons. The molecule has 0 amide bonds. The smallest absolute Gasteiger partial charge is 0.200 e. The molecule has 4 heteroatoms. The van der Waals surface area contributed by atoms with Crippen LogP contribution in [-0.2, 0) is 6.54 Å². The first-order chi connectivity index (χ1) is 10.9. The van der Waals surface area contributed by atoms with Crippen LogP contribution in [-0.4, -0.2) is 36.3 Å². The molecular weight excluding hydrogens is 290 g/mol. The Balaban J connectivity index is 3.15. The van der Waals surface area contributed by atoms with Crippen LogP contribution in [0.4, 0.5) is 0 Å². The first kappa shape index (κ1) is 19.6. The lowest BCUT2D eigenvalue weighted by molar-refractivity contribution is 0.168. The minimum absolute atomic E-state index is 0.108. The van der Waals surface area contributed by atoms with E-state index in [2.05, 4.69) is 32.6 Å². The third-order valence-corrected chi connectivity index (χ3v) is 4.01. The van der Waals surface area contributed by atoms with E-state index in [1.807, 2.05) is 26.2 Å². The van der Waals surface area contributed by atoms with Crippen LogP contribution in [0.5, 0.6) is 17.2 Å². The Morgan fingerprint density at radius 1 is 0.870 bits per heavy atom. The summed E-state index contributed by atoms with van der Waals surface area (Å²) in [4.78, 5) is 2.09. The molecule has 132 valence electrons. The maximum absolute atomic E-state index is 10.6. The molecule has 0 aliphatic rings. The van der Waals surface area contributed by atoms with Gasteiger partial charge in [0.1, 0.15) is 0 Å². The van der Waals surface area contributed by atoms with Crippen molar-refractivity contribution >= 4 is 0 Å². The average molecular weight is 323 g/mol. The van der Waals surface area contributed by atoms with E-state index in [0.717, 1.165) is 37.8 Å². The number of nitrogens with zero attached hydrogens (tertiary/aromatic N) is 1. The van der Waals surface area contributed by atoms with Gasteiger partial charge in [-0.05, 0) is 57.5 Å². The van der Waals surface area contributed by atoms with E-state index < -0.39 is 0 Å². The Labute approximate surface area is 141 Å². The molecular formula is C19H33NO3. The van der Waals surface area contributed by atoms with Crippen LogP contribution in [0.3, 0.4) is 0 Å². The lowest BCUT2D eigenvalue weighted by atomic mass is 10.1. The third-order valence-electron chi connectivity index (χ3n) is 4.01. The highest BCUT2D eigenvalue weighted by Crippen LogP contribution is 2.39. The van der Waals surface area contributed by atoms with Gasteiger partial charge in [0.25, 0.3) is 0 Å². The van der Waals surface area contributed by atoms with E-state index in [9.17, 15) is 5.11 Å². The third kappa shape index (κ3) is 5.94. The van der Waals surface area contributed by atoms with E-state index >= 15 is 0 Å². The van der Waals surface area contributed by atoms with E-state index in [-0.39, 0.29) is 18.0 Å². The Bertz CT molecular complexity index is 431. The number of hydrogen-bond acceptors (Lipinski definition) is 4. The van der Waals surface area contributed by atoms with E-state index in [1.54, 1.807) is 0 Å². The highest BCUT2D eigenvalue weighted by molar-refractivity contribution is 5.53. The van der Waals surface area contributed by atoms with Crippen LogP contribution in [0.2, 0.25) is 0 Å². The molecule has 1 N–H and O–H groups in total. The number of aromatic hydroxyl groups is 1. The maximum Gasteiger partial charge on any atom is 0.200 e.